The van der Waals surface area contributed by atoms with E-state index in [0.29, 0.717) is 12.5 Å². The van der Waals surface area contributed by atoms with Gasteiger partial charge in [-0.3, -0.25) is 0 Å². The summed E-state index contributed by atoms with van der Waals surface area (Å²) in [5.74, 6) is 1.26. The zero-order chi connectivity index (χ0) is 12.4. The van der Waals surface area contributed by atoms with E-state index in [1.54, 1.807) is 0 Å². The van der Waals surface area contributed by atoms with E-state index in [4.69, 9.17) is 5.73 Å². The summed E-state index contributed by atoms with van der Waals surface area (Å²) >= 11 is 3.46. The van der Waals surface area contributed by atoms with Crippen molar-refractivity contribution < 1.29 is 0 Å². The van der Waals surface area contributed by atoms with Crippen molar-refractivity contribution in [3.8, 4) is 11.4 Å². The molecular weight excluding hydrogens is 278 g/mol. The standard InChI is InChI=1S/C13H16BrN3/c1-8(2)12-11(7-15)16-13(17-12)9-4-3-5-10(14)6-9/h3-6,8H,7,15H2,1-2H3,(H,16,17). The SMILES string of the molecule is CC(C)c1nc(-c2cccc(Br)c2)[nH]c1CN. The molecule has 3 nitrogen and oxygen atoms in total. The van der Waals surface area contributed by atoms with Gasteiger partial charge in [-0.2, -0.15) is 0 Å². The van der Waals surface area contributed by atoms with Gasteiger partial charge in [-0.05, 0) is 18.1 Å². The second-order valence-electron chi connectivity index (χ2n) is 4.32. The largest absolute Gasteiger partial charge is 0.341 e. The van der Waals surface area contributed by atoms with Gasteiger partial charge in [-0.15, -0.1) is 0 Å². The van der Waals surface area contributed by atoms with Crippen LogP contribution in [0.4, 0.5) is 0 Å². The maximum atomic E-state index is 5.73. The lowest BCUT2D eigenvalue weighted by Gasteiger charge is -2.01. The van der Waals surface area contributed by atoms with Gasteiger partial charge >= 0.3 is 0 Å². The first-order chi connectivity index (χ1) is 8.11. The van der Waals surface area contributed by atoms with Crippen molar-refractivity contribution in [3.63, 3.8) is 0 Å². The molecule has 1 heterocycles. The number of aromatic nitrogens is 2. The summed E-state index contributed by atoms with van der Waals surface area (Å²) in [6.07, 6.45) is 0. The highest BCUT2D eigenvalue weighted by Crippen LogP contribution is 2.24. The molecule has 0 bridgehead atoms. The molecule has 0 aliphatic heterocycles. The molecule has 0 saturated carbocycles. The first kappa shape index (κ1) is 12.3. The van der Waals surface area contributed by atoms with Gasteiger partial charge in [-0.25, -0.2) is 4.98 Å². The molecule has 0 radical (unpaired) electrons. The highest BCUT2D eigenvalue weighted by atomic mass is 79.9. The highest BCUT2D eigenvalue weighted by molar-refractivity contribution is 9.10. The van der Waals surface area contributed by atoms with Crippen molar-refractivity contribution >= 4 is 15.9 Å². The number of halogens is 1. The van der Waals surface area contributed by atoms with Crippen LogP contribution in [0.25, 0.3) is 11.4 Å². The number of hydrogen-bond acceptors (Lipinski definition) is 2. The van der Waals surface area contributed by atoms with Gasteiger partial charge < -0.3 is 10.7 Å². The summed E-state index contributed by atoms with van der Waals surface area (Å²) < 4.78 is 1.05. The van der Waals surface area contributed by atoms with Crippen LogP contribution >= 0.6 is 15.9 Å². The third-order valence-corrected chi connectivity index (χ3v) is 3.15. The van der Waals surface area contributed by atoms with Crippen LogP contribution < -0.4 is 5.73 Å². The van der Waals surface area contributed by atoms with Gasteiger partial charge in [0.2, 0.25) is 0 Å². The molecule has 0 fully saturated rings. The predicted molar refractivity (Wildman–Crippen MR) is 73.7 cm³/mol. The van der Waals surface area contributed by atoms with Gasteiger partial charge in [0.1, 0.15) is 5.82 Å². The lowest BCUT2D eigenvalue weighted by molar-refractivity contribution is 0.806. The van der Waals surface area contributed by atoms with Crippen LogP contribution in [0, 0.1) is 0 Å². The number of rotatable bonds is 3. The van der Waals surface area contributed by atoms with E-state index in [9.17, 15) is 0 Å². The summed E-state index contributed by atoms with van der Waals surface area (Å²) in [5.41, 5.74) is 8.88. The summed E-state index contributed by atoms with van der Waals surface area (Å²) in [5, 5.41) is 0. The van der Waals surface area contributed by atoms with Crippen LogP contribution in [0.2, 0.25) is 0 Å². The van der Waals surface area contributed by atoms with Crippen LogP contribution in [-0.4, -0.2) is 9.97 Å². The monoisotopic (exact) mass is 293 g/mol. The summed E-state index contributed by atoms with van der Waals surface area (Å²) in [7, 11) is 0. The third-order valence-electron chi connectivity index (χ3n) is 2.66. The number of hydrogen-bond donors (Lipinski definition) is 2. The summed E-state index contributed by atoms with van der Waals surface area (Å²) in [6.45, 7) is 4.74. The number of imidazole rings is 1. The first-order valence-electron chi connectivity index (χ1n) is 5.66. The van der Waals surface area contributed by atoms with Crippen LogP contribution in [0.5, 0.6) is 0 Å². The molecule has 1 aromatic carbocycles. The Kier molecular flexibility index (Phi) is 3.64. The second kappa shape index (κ2) is 5.02. The Morgan fingerprint density at radius 2 is 2.18 bits per heavy atom. The van der Waals surface area contributed by atoms with Crippen molar-refractivity contribution in [1.82, 2.24) is 9.97 Å². The lowest BCUT2D eigenvalue weighted by atomic mass is 10.1. The Morgan fingerprint density at radius 3 is 2.71 bits per heavy atom. The Morgan fingerprint density at radius 1 is 1.41 bits per heavy atom. The van der Waals surface area contributed by atoms with E-state index in [-0.39, 0.29) is 0 Å². The van der Waals surface area contributed by atoms with Gasteiger partial charge in [0.05, 0.1) is 11.4 Å². The molecule has 3 N–H and O–H groups in total. The van der Waals surface area contributed by atoms with E-state index in [1.807, 2.05) is 24.3 Å². The van der Waals surface area contributed by atoms with Gasteiger partial charge in [0.25, 0.3) is 0 Å². The Hall–Kier alpha value is -1.13. The number of benzene rings is 1. The fourth-order valence-electron chi connectivity index (χ4n) is 1.83. The average molecular weight is 294 g/mol. The second-order valence-corrected chi connectivity index (χ2v) is 5.23. The number of nitrogens with zero attached hydrogens (tertiary/aromatic N) is 1. The molecule has 0 atom stereocenters. The Labute approximate surface area is 110 Å². The zero-order valence-corrected chi connectivity index (χ0v) is 11.6. The van der Waals surface area contributed by atoms with Crippen LogP contribution in [0.1, 0.15) is 31.2 Å². The molecule has 17 heavy (non-hydrogen) atoms. The molecule has 0 aliphatic carbocycles. The fraction of sp³-hybridized carbons (Fsp3) is 0.308. The van der Waals surface area contributed by atoms with Crippen molar-refractivity contribution in [2.45, 2.75) is 26.3 Å². The number of H-pyrrole nitrogens is 1. The normalized spacial score (nSPS) is 11.1. The number of nitrogens with two attached hydrogens (primary N) is 1. The van der Waals surface area contributed by atoms with Crippen LogP contribution in [0.3, 0.4) is 0 Å². The molecule has 1 aromatic heterocycles. The smallest absolute Gasteiger partial charge is 0.137 e. The number of aromatic amines is 1. The third kappa shape index (κ3) is 2.58. The molecular formula is C13H16BrN3. The molecule has 0 saturated heterocycles. The van der Waals surface area contributed by atoms with Crippen molar-refractivity contribution in [2.75, 3.05) is 0 Å². The fourth-order valence-corrected chi connectivity index (χ4v) is 2.23. The lowest BCUT2D eigenvalue weighted by Crippen LogP contribution is -2.02. The molecule has 2 rings (SSSR count). The number of nitrogens with one attached hydrogen (secondary N) is 1. The Bertz CT molecular complexity index is 517. The molecule has 4 heteroatoms. The minimum atomic E-state index is 0.380. The maximum absolute atomic E-state index is 5.73. The maximum Gasteiger partial charge on any atom is 0.137 e. The van der Waals surface area contributed by atoms with Gasteiger partial charge in [-0.1, -0.05) is 41.9 Å². The summed E-state index contributed by atoms with van der Waals surface area (Å²) in [6, 6.07) is 8.08. The minimum Gasteiger partial charge on any atom is -0.341 e. The first-order valence-corrected chi connectivity index (χ1v) is 6.46. The van der Waals surface area contributed by atoms with E-state index < -0.39 is 0 Å². The van der Waals surface area contributed by atoms with E-state index in [0.717, 1.165) is 27.2 Å². The topological polar surface area (TPSA) is 54.7 Å². The van der Waals surface area contributed by atoms with Crippen molar-refractivity contribution in [3.05, 3.63) is 40.1 Å². The van der Waals surface area contributed by atoms with Crippen molar-refractivity contribution in [1.29, 1.82) is 0 Å². The van der Waals surface area contributed by atoms with Gasteiger partial charge in [0, 0.05) is 16.6 Å². The quantitative estimate of drug-likeness (QED) is 0.911. The predicted octanol–water partition coefficient (Wildman–Crippen LogP) is 3.42. The molecule has 2 aromatic rings. The highest BCUT2D eigenvalue weighted by Gasteiger charge is 2.13. The van der Waals surface area contributed by atoms with E-state index in [2.05, 4.69) is 39.7 Å². The summed E-state index contributed by atoms with van der Waals surface area (Å²) in [4.78, 5) is 7.93. The molecule has 90 valence electrons. The molecule has 0 amide bonds. The van der Waals surface area contributed by atoms with Crippen LogP contribution in [0.15, 0.2) is 28.7 Å². The van der Waals surface area contributed by atoms with Crippen molar-refractivity contribution in [2.24, 2.45) is 5.73 Å². The zero-order valence-electron chi connectivity index (χ0n) is 10.00. The molecule has 0 aliphatic rings. The van der Waals surface area contributed by atoms with Gasteiger partial charge in [0.15, 0.2) is 0 Å². The van der Waals surface area contributed by atoms with E-state index in [1.165, 1.54) is 0 Å². The Balaban J connectivity index is 2.46. The average Bonchev–Trinajstić information content (AvgIpc) is 2.73. The van der Waals surface area contributed by atoms with E-state index >= 15 is 0 Å². The minimum absolute atomic E-state index is 0.380. The molecule has 0 unspecified atom stereocenters. The molecule has 0 spiro atoms. The van der Waals surface area contributed by atoms with Crippen LogP contribution in [-0.2, 0) is 6.54 Å².